The van der Waals surface area contributed by atoms with Crippen molar-refractivity contribution in [2.75, 3.05) is 0 Å². The second kappa shape index (κ2) is 7.25. The van der Waals surface area contributed by atoms with E-state index in [4.69, 9.17) is 10.2 Å². The molecule has 0 atom stereocenters. The Kier molecular flexibility index (Phi) is 8.38. The first-order valence-corrected chi connectivity index (χ1v) is 4.86. The Balaban J connectivity index is -0.000000845. The predicted molar refractivity (Wildman–Crippen MR) is 53.2 cm³/mol. The first kappa shape index (κ1) is 17.3. The summed E-state index contributed by atoms with van der Waals surface area (Å²) in [5, 5.41) is 18.0. The third-order valence-corrected chi connectivity index (χ3v) is 2.67. The molecule has 2 N–H and O–H groups in total. The van der Waals surface area contributed by atoms with E-state index in [1.165, 1.54) is 0 Å². The van der Waals surface area contributed by atoms with E-state index in [2.05, 4.69) is 0 Å². The number of carboxylic acids is 2. The normalized spacial score (nSPS) is 10.9. The summed E-state index contributed by atoms with van der Waals surface area (Å²) in [4.78, 5) is 22.1. The van der Waals surface area contributed by atoms with Crippen LogP contribution < -0.4 is 29.6 Å². The van der Waals surface area contributed by atoms with Gasteiger partial charge in [-0.25, -0.2) is 0 Å². The second-order valence-electron chi connectivity index (χ2n) is 3.84. The molecule has 0 aliphatic heterocycles. The standard InChI is InChI=1S/C10H18O4.Na.H/c1-4-5-6-10(7(2)3,8(11)12)9(13)14;;/h7H,4-6H2,1-3H3,(H,11,12)(H,13,14);;/q;+1;-1. The Morgan fingerprint density at radius 1 is 1.27 bits per heavy atom. The van der Waals surface area contributed by atoms with Crippen molar-refractivity contribution >= 4 is 11.9 Å². The maximum atomic E-state index is 11.0. The van der Waals surface area contributed by atoms with Gasteiger partial charge in [0, 0.05) is 0 Å². The third kappa shape index (κ3) is 3.78. The molecule has 0 saturated carbocycles. The molecule has 0 fully saturated rings. The van der Waals surface area contributed by atoms with E-state index in [9.17, 15) is 9.59 Å². The van der Waals surface area contributed by atoms with Gasteiger partial charge in [-0.05, 0) is 12.3 Å². The van der Waals surface area contributed by atoms with Crippen LogP contribution in [0.5, 0.6) is 0 Å². The summed E-state index contributed by atoms with van der Waals surface area (Å²) in [5.41, 5.74) is -1.62. The molecule has 0 amide bonds. The molecule has 4 nitrogen and oxygen atoms in total. The van der Waals surface area contributed by atoms with Gasteiger partial charge >= 0.3 is 41.5 Å². The van der Waals surface area contributed by atoms with Crippen LogP contribution in [-0.4, -0.2) is 22.2 Å². The van der Waals surface area contributed by atoms with Crippen LogP contribution in [0.4, 0.5) is 0 Å². The second-order valence-corrected chi connectivity index (χ2v) is 3.84. The van der Waals surface area contributed by atoms with Gasteiger partial charge in [0.15, 0.2) is 5.41 Å². The number of unbranched alkanes of at least 4 members (excludes halogenated alkanes) is 1. The molecule has 0 radical (unpaired) electrons. The number of aliphatic carboxylic acids is 2. The van der Waals surface area contributed by atoms with Gasteiger partial charge in [-0.3, -0.25) is 9.59 Å². The van der Waals surface area contributed by atoms with E-state index < -0.39 is 23.3 Å². The Labute approximate surface area is 114 Å². The Bertz CT molecular complexity index is 217. The van der Waals surface area contributed by atoms with E-state index in [-0.39, 0.29) is 37.4 Å². The van der Waals surface area contributed by atoms with E-state index in [1.54, 1.807) is 13.8 Å². The molecular formula is C10H19NaO4. The molecule has 0 aliphatic rings. The minimum absolute atomic E-state index is 0. The van der Waals surface area contributed by atoms with Crippen LogP contribution in [0.2, 0.25) is 0 Å². The molecule has 0 aliphatic carbocycles. The van der Waals surface area contributed by atoms with Gasteiger partial charge in [0.05, 0.1) is 0 Å². The molecule has 0 saturated heterocycles. The summed E-state index contributed by atoms with van der Waals surface area (Å²) in [5.74, 6) is -2.86. The first-order valence-electron chi connectivity index (χ1n) is 4.86. The third-order valence-electron chi connectivity index (χ3n) is 2.67. The van der Waals surface area contributed by atoms with Crippen molar-refractivity contribution in [3.8, 4) is 0 Å². The van der Waals surface area contributed by atoms with Gasteiger partial charge in [0.1, 0.15) is 0 Å². The smallest absolute Gasteiger partial charge is 1.00 e. The van der Waals surface area contributed by atoms with E-state index in [0.717, 1.165) is 6.42 Å². The molecule has 0 bridgehead atoms. The van der Waals surface area contributed by atoms with E-state index >= 15 is 0 Å². The maximum Gasteiger partial charge on any atom is 1.00 e. The van der Waals surface area contributed by atoms with Gasteiger partial charge in [-0.1, -0.05) is 33.6 Å². The molecule has 0 unspecified atom stereocenters. The topological polar surface area (TPSA) is 74.6 Å². The van der Waals surface area contributed by atoms with Gasteiger partial charge in [-0.2, -0.15) is 0 Å². The van der Waals surface area contributed by atoms with Gasteiger partial charge < -0.3 is 11.6 Å². The fraction of sp³-hybridized carbons (Fsp3) is 0.800. The number of rotatable bonds is 6. The molecule has 0 spiro atoms. The minimum Gasteiger partial charge on any atom is -1.00 e. The predicted octanol–water partition coefficient (Wildman–Crippen LogP) is -0.895. The average molecular weight is 226 g/mol. The van der Waals surface area contributed by atoms with Crippen LogP contribution in [0.15, 0.2) is 0 Å². The van der Waals surface area contributed by atoms with Crippen molar-refractivity contribution in [1.82, 2.24) is 0 Å². The number of carboxylic acid groups (broad SMARTS) is 2. The van der Waals surface area contributed by atoms with Crippen molar-refractivity contribution < 1.29 is 50.8 Å². The van der Waals surface area contributed by atoms with Crippen molar-refractivity contribution in [3.05, 3.63) is 0 Å². The molecule has 0 aromatic heterocycles. The maximum absolute atomic E-state index is 11.0. The Morgan fingerprint density at radius 3 is 1.87 bits per heavy atom. The van der Waals surface area contributed by atoms with Gasteiger partial charge in [0.2, 0.25) is 0 Å². The van der Waals surface area contributed by atoms with E-state index in [1.807, 2.05) is 6.92 Å². The van der Waals surface area contributed by atoms with Crippen LogP contribution in [0.25, 0.3) is 0 Å². The van der Waals surface area contributed by atoms with Crippen molar-refractivity contribution in [1.29, 1.82) is 0 Å². The number of carbonyl (C=O) groups is 2. The van der Waals surface area contributed by atoms with Crippen LogP contribution in [0.3, 0.4) is 0 Å². The van der Waals surface area contributed by atoms with Crippen LogP contribution >= 0.6 is 0 Å². The Hall–Kier alpha value is -0.0600. The molecule has 0 rings (SSSR count). The Morgan fingerprint density at radius 2 is 1.67 bits per heavy atom. The zero-order chi connectivity index (χ0) is 11.4. The zero-order valence-corrected chi connectivity index (χ0v) is 11.9. The fourth-order valence-electron chi connectivity index (χ4n) is 1.54. The first-order chi connectivity index (χ1) is 6.39. The van der Waals surface area contributed by atoms with Crippen LogP contribution in [-0.2, 0) is 9.59 Å². The van der Waals surface area contributed by atoms with E-state index in [0.29, 0.717) is 6.42 Å². The largest absolute Gasteiger partial charge is 1.00 e. The molecule has 15 heavy (non-hydrogen) atoms. The summed E-state index contributed by atoms with van der Waals surface area (Å²) >= 11 is 0. The quantitative estimate of drug-likeness (QED) is 0.455. The van der Waals surface area contributed by atoms with Gasteiger partial charge in [0.25, 0.3) is 0 Å². The SMILES string of the molecule is CCCCC(C(=O)O)(C(=O)O)C(C)C.[H-].[Na+]. The molecule has 0 aromatic carbocycles. The molecule has 84 valence electrons. The number of hydrogen-bond donors (Lipinski definition) is 2. The molecule has 0 aromatic rings. The van der Waals surface area contributed by atoms with Crippen molar-refractivity contribution in [3.63, 3.8) is 0 Å². The summed E-state index contributed by atoms with van der Waals surface area (Å²) in [6, 6.07) is 0. The van der Waals surface area contributed by atoms with Crippen molar-refractivity contribution in [2.45, 2.75) is 40.0 Å². The summed E-state index contributed by atoms with van der Waals surface area (Å²) in [6.07, 6.45) is 1.62. The number of hydrogen-bond acceptors (Lipinski definition) is 2. The average Bonchev–Trinajstić information content (AvgIpc) is 2.03. The molecule has 5 heteroatoms. The zero-order valence-electron chi connectivity index (χ0n) is 10.9. The molecular weight excluding hydrogens is 207 g/mol. The van der Waals surface area contributed by atoms with Crippen LogP contribution in [0, 0.1) is 11.3 Å². The van der Waals surface area contributed by atoms with Gasteiger partial charge in [-0.15, -0.1) is 0 Å². The summed E-state index contributed by atoms with van der Waals surface area (Å²) in [6.45, 7) is 5.19. The minimum atomic E-state index is -1.62. The molecule has 0 heterocycles. The van der Waals surface area contributed by atoms with Crippen LogP contribution in [0.1, 0.15) is 41.5 Å². The summed E-state index contributed by atoms with van der Waals surface area (Å²) in [7, 11) is 0. The fourth-order valence-corrected chi connectivity index (χ4v) is 1.54. The summed E-state index contributed by atoms with van der Waals surface area (Å²) < 4.78 is 0. The monoisotopic (exact) mass is 226 g/mol. The van der Waals surface area contributed by atoms with Crippen molar-refractivity contribution in [2.24, 2.45) is 11.3 Å².